The van der Waals surface area contributed by atoms with E-state index in [9.17, 15) is 18.4 Å². The summed E-state index contributed by atoms with van der Waals surface area (Å²) in [5.74, 6) is -0.873. The minimum atomic E-state index is -1.20. The molecule has 0 aliphatic carbocycles. The molecule has 21 nitrogen and oxygen atoms in total. The molecule has 1 amide bonds. The van der Waals surface area contributed by atoms with Crippen molar-refractivity contribution in [2.75, 3.05) is 36.0 Å². The fourth-order valence-corrected chi connectivity index (χ4v) is 6.40. The summed E-state index contributed by atoms with van der Waals surface area (Å²) in [6.45, 7) is 3.13. The van der Waals surface area contributed by atoms with Crippen LogP contribution >= 0.6 is 0 Å². The summed E-state index contributed by atoms with van der Waals surface area (Å²) in [7, 11) is 0. The maximum Gasteiger partial charge on any atom is 0.375 e. The fourth-order valence-electron chi connectivity index (χ4n) is 6.40. The predicted octanol–water partition coefficient (Wildman–Crippen LogP) is 1.62. The van der Waals surface area contributed by atoms with Crippen molar-refractivity contribution in [3.8, 4) is 11.4 Å². The van der Waals surface area contributed by atoms with Crippen LogP contribution in [0.2, 0.25) is 0 Å². The molecule has 0 saturated carbocycles. The van der Waals surface area contributed by atoms with E-state index in [-0.39, 0.29) is 41.3 Å². The topological polar surface area (TPSA) is 246 Å². The maximum atomic E-state index is 13.1. The van der Waals surface area contributed by atoms with Crippen LogP contribution in [0.25, 0.3) is 22.7 Å². The number of aromatic nitrogens is 14. The normalized spacial score (nSPS) is 16.1. The number of hydrogen-bond acceptors (Lipinski definition) is 15. The minimum Gasteiger partial charge on any atom is -0.475 e. The Morgan fingerprint density at radius 1 is 0.678 bits per heavy atom. The van der Waals surface area contributed by atoms with E-state index in [1.54, 1.807) is 47.8 Å². The zero-order chi connectivity index (χ0) is 40.9. The third-order valence-electron chi connectivity index (χ3n) is 9.30. The van der Waals surface area contributed by atoms with Gasteiger partial charge in [-0.2, -0.15) is 0 Å². The molecule has 4 N–H and O–H groups in total. The second-order valence-electron chi connectivity index (χ2n) is 13.3. The predicted molar refractivity (Wildman–Crippen MR) is 204 cm³/mol. The number of aromatic carboxylic acids is 1. The number of rotatable bonds is 7. The molecule has 2 aliphatic heterocycles. The second kappa shape index (κ2) is 16.7. The summed E-state index contributed by atoms with van der Waals surface area (Å²) in [5, 5.41) is 35.4. The molecule has 2 atom stereocenters. The standard InChI is InChI=1S/C18H16FN9O.C9H6FN3O2.C9H12N6/c19-12-1-3-14(4-2-12)28-10-21-15(25-28)18(29)23-13-5-7-26(9-13)16-17-24-22-11-27(17)8-6-20-16;10-6-1-3-7(4-2-6)13-5-11-8(12-13)9(14)15;10-7-1-3-14(5-7)8-9-13-12-6-15(9)4-2-11-8/h1-4,6,8,10-11,13H,5,7,9H2,(H,23,29);1-5H,(H,14,15);2,4,6-7H,1,3,5,10H2. The van der Waals surface area contributed by atoms with Crippen molar-refractivity contribution < 1.29 is 23.5 Å². The molecular formula is C36H34F2N18O3. The van der Waals surface area contributed by atoms with Crippen LogP contribution in [0.3, 0.4) is 0 Å². The zero-order valence-corrected chi connectivity index (χ0v) is 30.9. The number of amides is 1. The molecule has 2 unspecified atom stereocenters. The van der Waals surface area contributed by atoms with Gasteiger partial charge in [0.15, 0.2) is 11.6 Å². The number of carbonyl (C=O) groups is 2. The van der Waals surface area contributed by atoms with Crippen LogP contribution < -0.4 is 20.9 Å². The van der Waals surface area contributed by atoms with E-state index in [0.29, 0.717) is 23.6 Å². The molecule has 59 heavy (non-hydrogen) atoms. The number of carboxylic acids is 1. The molecule has 0 bridgehead atoms. The van der Waals surface area contributed by atoms with E-state index in [4.69, 9.17) is 10.8 Å². The first-order valence-corrected chi connectivity index (χ1v) is 18.1. The quantitative estimate of drug-likeness (QED) is 0.207. The minimum absolute atomic E-state index is 0.0606. The van der Waals surface area contributed by atoms with Crippen LogP contribution in [0.1, 0.15) is 34.1 Å². The number of carbonyl (C=O) groups excluding carboxylic acids is 1. The van der Waals surface area contributed by atoms with Crippen molar-refractivity contribution in [2.24, 2.45) is 5.73 Å². The molecular weight excluding hydrogens is 771 g/mol. The highest BCUT2D eigenvalue weighted by atomic mass is 19.1. The van der Waals surface area contributed by atoms with Gasteiger partial charge in [0.25, 0.3) is 11.7 Å². The third kappa shape index (κ3) is 8.63. The van der Waals surface area contributed by atoms with Gasteiger partial charge < -0.3 is 26.0 Å². The lowest BCUT2D eigenvalue weighted by atomic mass is 10.2. The molecule has 2 aromatic carbocycles. The average Bonchev–Trinajstić information content (AvgIpc) is 4.10. The maximum absolute atomic E-state index is 13.1. The van der Waals surface area contributed by atoms with Crippen LogP contribution in [0, 0.1) is 11.6 Å². The lowest BCUT2D eigenvalue weighted by Crippen LogP contribution is -2.37. The van der Waals surface area contributed by atoms with Gasteiger partial charge in [-0.3, -0.25) is 13.6 Å². The molecule has 300 valence electrons. The third-order valence-corrected chi connectivity index (χ3v) is 9.30. The fraction of sp³-hybridized carbons (Fsp3) is 0.222. The molecule has 0 spiro atoms. The van der Waals surface area contributed by atoms with E-state index in [0.717, 1.165) is 49.8 Å². The first-order valence-electron chi connectivity index (χ1n) is 18.1. The van der Waals surface area contributed by atoms with E-state index in [1.807, 2.05) is 10.6 Å². The first kappa shape index (κ1) is 38.1. The van der Waals surface area contributed by atoms with Crippen LogP contribution in [0.4, 0.5) is 20.4 Å². The van der Waals surface area contributed by atoms with Gasteiger partial charge in [-0.1, -0.05) is 0 Å². The van der Waals surface area contributed by atoms with Gasteiger partial charge in [0.1, 0.15) is 36.9 Å². The Balaban J connectivity index is 0.000000136. The summed E-state index contributed by atoms with van der Waals surface area (Å²) in [6.07, 6.45) is 14.9. The van der Waals surface area contributed by atoms with Crippen molar-refractivity contribution in [1.82, 2.24) is 74.0 Å². The van der Waals surface area contributed by atoms with Gasteiger partial charge >= 0.3 is 5.97 Å². The van der Waals surface area contributed by atoms with Crippen molar-refractivity contribution in [1.29, 1.82) is 0 Å². The van der Waals surface area contributed by atoms with Crippen molar-refractivity contribution in [2.45, 2.75) is 24.9 Å². The zero-order valence-electron chi connectivity index (χ0n) is 30.9. The van der Waals surface area contributed by atoms with E-state index < -0.39 is 5.97 Å². The number of benzene rings is 2. The molecule has 0 radical (unpaired) electrons. The number of nitrogens with two attached hydrogens (primary N) is 1. The SMILES string of the molecule is NC1CCN(c2nccn3cnnc23)C1.O=C(NC1CCN(c2nccn3cnnc23)C1)c1ncn(-c2ccc(F)cc2)n1.O=C(O)c1ncn(-c2ccc(F)cc2)n1. The first-order chi connectivity index (χ1) is 28.7. The number of hydrogen-bond donors (Lipinski definition) is 3. The van der Waals surface area contributed by atoms with Gasteiger partial charge in [0.05, 0.1) is 11.4 Å². The number of carboxylic acid groups (broad SMARTS) is 1. The van der Waals surface area contributed by atoms with Gasteiger partial charge in [0.2, 0.25) is 17.1 Å². The largest absolute Gasteiger partial charge is 0.475 e. The number of nitrogens with zero attached hydrogens (tertiary/aromatic N) is 16. The van der Waals surface area contributed by atoms with Crippen molar-refractivity contribution >= 4 is 34.8 Å². The van der Waals surface area contributed by atoms with Crippen molar-refractivity contribution in [3.05, 3.63) is 122 Å². The Kier molecular flexibility index (Phi) is 10.8. The number of halogens is 2. The van der Waals surface area contributed by atoms with Crippen LogP contribution in [-0.2, 0) is 0 Å². The van der Waals surface area contributed by atoms with Gasteiger partial charge in [0, 0.05) is 63.1 Å². The monoisotopic (exact) mass is 804 g/mol. The molecule has 10 rings (SSSR count). The molecule has 2 saturated heterocycles. The number of nitrogens with one attached hydrogen (secondary N) is 1. The Morgan fingerprint density at radius 2 is 1.19 bits per heavy atom. The van der Waals surface area contributed by atoms with Crippen molar-refractivity contribution in [3.63, 3.8) is 0 Å². The smallest absolute Gasteiger partial charge is 0.375 e. The average molecular weight is 805 g/mol. The van der Waals surface area contributed by atoms with E-state index in [1.165, 1.54) is 58.4 Å². The lowest BCUT2D eigenvalue weighted by molar-refractivity contribution is 0.0683. The number of fused-ring (bicyclic) bond motifs is 2. The number of anilines is 2. The van der Waals surface area contributed by atoms with Gasteiger partial charge in [-0.25, -0.2) is 42.9 Å². The highest BCUT2D eigenvalue weighted by Gasteiger charge is 2.28. The van der Waals surface area contributed by atoms with E-state index in [2.05, 4.69) is 65.6 Å². The Labute approximate surface area is 331 Å². The molecule has 8 aromatic rings. The van der Waals surface area contributed by atoms with Gasteiger partial charge in [-0.15, -0.1) is 30.6 Å². The highest BCUT2D eigenvalue weighted by molar-refractivity contribution is 5.90. The Hall–Kier alpha value is -7.82. The second-order valence-corrected chi connectivity index (χ2v) is 13.3. The van der Waals surface area contributed by atoms with Crippen LogP contribution in [0.15, 0.2) is 98.6 Å². The summed E-state index contributed by atoms with van der Waals surface area (Å²) >= 11 is 0. The summed E-state index contributed by atoms with van der Waals surface area (Å²) < 4.78 is 32.0. The summed E-state index contributed by atoms with van der Waals surface area (Å²) in [6, 6.07) is 11.5. The summed E-state index contributed by atoms with van der Waals surface area (Å²) in [4.78, 5) is 43.7. The van der Waals surface area contributed by atoms with Crippen LogP contribution in [-0.4, -0.2) is 124 Å². The van der Waals surface area contributed by atoms with Crippen LogP contribution in [0.5, 0.6) is 0 Å². The molecule has 23 heteroatoms. The van der Waals surface area contributed by atoms with E-state index >= 15 is 0 Å². The molecule has 2 aliphatic rings. The Morgan fingerprint density at radius 3 is 1.69 bits per heavy atom. The molecule has 2 fully saturated rings. The highest BCUT2D eigenvalue weighted by Crippen LogP contribution is 2.22. The van der Waals surface area contributed by atoms with Gasteiger partial charge in [-0.05, 0) is 61.4 Å². The summed E-state index contributed by atoms with van der Waals surface area (Å²) in [5.41, 5.74) is 8.52. The molecule has 8 heterocycles. The Bertz CT molecular complexity index is 2700. The molecule has 6 aromatic heterocycles. The lowest BCUT2D eigenvalue weighted by Gasteiger charge is -2.17.